The Morgan fingerprint density at radius 3 is 2.82 bits per heavy atom. The highest BCUT2D eigenvalue weighted by Crippen LogP contribution is 2.16. The molecule has 0 unspecified atom stereocenters. The molecule has 0 atom stereocenters. The number of amides is 1. The number of carbonyl (C=O) groups is 1. The highest BCUT2D eigenvalue weighted by atomic mass is 16.2. The van der Waals surface area contributed by atoms with Crippen molar-refractivity contribution in [2.45, 2.75) is 32.7 Å². The normalized spacial score (nSPS) is 10.8. The average Bonchev–Trinajstić information content (AvgIpc) is 2.66. The van der Waals surface area contributed by atoms with Crippen LogP contribution in [0, 0.1) is 0 Å². The fourth-order valence-electron chi connectivity index (χ4n) is 1.64. The first kappa shape index (κ1) is 13.6. The van der Waals surface area contributed by atoms with Gasteiger partial charge in [0.15, 0.2) is 0 Å². The second-order valence-corrected chi connectivity index (χ2v) is 4.35. The second kappa shape index (κ2) is 6.30. The van der Waals surface area contributed by atoms with E-state index < -0.39 is 0 Å². The Kier molecular flexibility index (Phi) is 5.03. The van der Waals surface area contributed by atoms with E-state index in [1.165, 1.54) is 0 Å². The minimum atomic E-state index is -0.117. The summed E-state index contributed by atoms with van der Waals surface area (Å²) in [7, 11) is 0. The Morgan fingerprint density at radius 1 is 1.53 bits per heavy atom. The molecule has 1 amide bonds. The van der Waals surface area contributed by atoms with Gasteiger partial charge in [-0.25, -0.2) is 0 Å². The molecule has 0 fully saturated rings. The first-order chi connectivity index (χ1) is 8.06. The number of nitrogens with zero attached hydrogens (tertiary/aromatic N) is 1. The van der Waals surface area contributed by atoms with Crippen molar-refractivity contribution in [2.24, 2.45) is 0 Å². The lowest BCUT2D eigenvalue weighted by Crippen LogP contribution is -2.27. The van der Waals surface area contributed by atoms with Crippen LogP contribution in [0.25, 0.3) is 0 Å². The minimum Gasteiger partial charge on any atom is -0.397 e. The van der Waals surface area contributed by atoms with Crippen molar-refractivity contribution in [1.82, 2.24) is 9.88 Å². The van der Waals surface area contributed by atoms with Gasteiger partial charge in [0, 0.05) is 25.4 Å². The van der Waals surface area contributed by atoms with Gasteiger partial charge in [-0.05, 0) is 32.8 Å². The summed E-state index contributed by atoms with van der Waals surface area (Å²) in [5.74, 6) is -0.117. The molecule has 0 aromatic carbocycles. The van der Waals surface area contributed by atoms with Crippen molar-refractivity contribution in [3.63, 3.8) is 0 Å². The zero-order chi connectivity index (χ0) is 12.8. The predicted octanol–water partition coefficient (Wildman–Crippen LogP) is 1.15. The van der Waals surface area contributed by atoms with Crippen LogP contribution < -0.4 is 11.1 Å². The fourth-order valence-corrected chi connectivity index (χ4v) is 1.64. The van der Waals surface area contributed by atoms with Gasteiger partial charge in [-0.15, -0.1) is 0 Å². The van der Waals surface area contributed by atoms with Crippen LogP contribution in [0.5, 0.6) is 0 Å². The first-order valence-electron chi connectivity index (χ1n) is 5.92. The third kappa shape index (κ3) is 3.78. The fraction of sp³-hybridized carbons (Fsp3) is 0.583. The molecule has 17 heavy (non-hydrogen) atoms. The molecule has 1 aromatic rings. The number of hydrogen-bond acceptors (Lipinski definition) is 3. The van der Waals surface area contributed by atoms with Crippen LogP contribution in [0.15, 0.2) is 12.3 Å². The SMILES string of the molecule is CC(C)n1cc(N)cc1C(=O)NCCCCO. The van der Waals surface area contributed by atoms with Gasteiger partial charge in [0.05, 0.1) is 5.69 Å². The molecule has 0 aliphatic heterocycles. The van der Waals surface area contributed by atoms with Gasteiger partial charge >= 0.3 is 0 Å². The molecule has 1 aromatic heterocycles. The standard InChI is InChI=1S/C12H21N3O2/c1-9(2)15-8-10(13)7-11(15)12(17)14-5-3-4-6-16/h7-9,16H,3-6,13H2,1-2H3,(H,14,17). The van der Waals surface area contributed by atoms with Crippen LogP contribution in [0.4, 0.5) is 5.69 Å². The van der Waals surface area contributed by atoms with Crippen LogP contribution in [-0.2, 0) is 0 Å². The number of nitrogens with one attached hydrogen (secondary N) is 1. The minimum absolute atomic E-state index is 0.117. The van der Waals surface area contributed by atoms with E-state index in [2.05, 4.69) is 5.32 Å². The lowest BCUT2D eigenvalue weighted by molar-refractivity contribution is 0.0941. The summed E-state index contributed by atoms with van der Waals surface area (Å²) in [6.07, 6.45) is 3.25. The quantitative estimate of drug-likeness (QED) is 0.651. The summed E-state index contributed by atoms with van der Waals surface area (Å²) in [6, 6.07) is 1.88. The van der Waals surface area contributed by atoms with E-state index in [4.69, 9.17) is 10.8 Å². The van der Waals surface area contributed by atoms with Crippen LogP contribution in [0.2, 0.25) is 0 Å². The summed E-state index contributed by atoms with van der Waals surface area (Å²) in [5.41, 5.74) is 6.88. The smallest absolute Gasteiger partial charge is 0.267 e. The molecule has 0 aliphatic carbocycles. The van der Waals surface area contributed by atoms with Gasteiger partial charge in [0.1, 0.15) is 5.69 Å². The maximum atomic E-state index is 11.9. The number of aromatic nitrogens is 1. The summed E-state index contributed by atoms with van der Waals surface area (Å²) < 4.78 is 1.86. The van der Waals surface area contributed by atoms with E-state index in [9.17, 15) is 4.79 Å². The third-order valence-corrected chi connectivity index (χ3v) is 2.53. The molecule has 1 rings (SSSR count). The molecule has 0 radical (unpaired) electrons. The zero-order valence-corrected chi connectivity index (χ0v) is 10.4. The van der Waals surface area contributed by atoms with Crippen molar-refractivity contribution in [3.05, 3.63) is 18.0 Å². The van der Waals surface area contributed by atoms with E-state index in [-0.39, 0.29) is 18.6 Å². The Balaban J connectivity index is 2.62. The number of aliphatic hydroxyl groups is 1. The molecule has 1 heterocycles. The molecule has 0 bridgehead atoms. The number of hydrogen-bond donors (Lipinski definition) is 3. The Hall–Kier alpha value is -1.49. The molecule has 0 saturated heterocycles. The van der Waals surface area contributed by atoms with Crippen LogP contribution in [0.3, 0.4) is 0 Å². The van der Waals surface area contributed by atoms with Crippen molar-refractivity contribution in [3.8, 4) is 0 Å². The zero-order valence-electron chi connectivity index (χ0n) is 10.4. The van der Waals surface area contributed by atoms with Crippen molar-refractivity contribution in [1.29, 1.82) is 0 Å². The summed E-state index contributed by atoms with van der Waals surface area (Å²) in [4.78, 5) is 11.9. The molecule has 0 saturated carbocycles. The highest BCUT2D eigenvalue weighted by Gasteiger charge is 2.13. The monoisotopic (exact) mass is 239 g/mol. The predicted molar refractivity (Wildman–Crippen MR) is 67.9 cm³/mol. The number of aliphatic hydroxyl groups excluding tert-OH is 1. The van der Waals surface area contributed by atoms with Gasteiger partial charge in [-0.1, -0.05) is 0 Å². The molecule has 0 spiro atoms. The number of anilines is 1. The van der Waals surface area contributed by atoms with Crippen molar-refractivity contribution in [2.75, 3.05) is 18.9 Å². The molecule has 5 nitrogen and oxygen atoms in total. The van der Waals surface area contributed by atoms with Gasteiger partial charge in [0.25, 0.3) is 5.91 Å². The van der Waals surface area contributed by atoms with E-state index >= 15 is 0 Å². The molecule has 5 heteroatoms. The van der Waals surface area contributed by atoms with Crippen molar-refractivity contribution < 1.29 is 9.90 Å². The summed E-state index contributed by atoms with van der Waals surface area (Å²) in [5, 5.41) is 11.5. The lowest BCUT2D eigenvalue weighted by Gasteiger charge is -2.12. The number of unbranched alkanes of at least 4 members (excludes halogenated alkanes) is 1. The van der Waals surface area contributed by atoms with E-state index in [1.54, 1.807) is 12.3 Å². The van der Waals surface area contributed by atoms with Gasteiger partial charge in [-0.2, -0.15) is 0 Å². The molecule has 0 aliphatic rings. The maximum Gasteiger partial charge on any atom is 0.267 e. The van der Waals surface area contributed by atoms with Gasteiger partial charge in [0.2, 0.25) is 0 Å². The van der Waals surface area contributed by atoms with Crippen molar-refractivity contribution >= 4 is 11.6 Å². The van der Waals surface area contributed by atoms with E-state index in [0.717, 1.165) is 6.42 Å². The maximum absolute atomic E-state index is 11.9. The van der Waals surface area contributed by atoms with Crippen LogP contribution in [-0.4, -0.2) is 28.7 Å². The molecular weight excluding hydrogens is 218 g/mol. The number of carbonyl (C=O) groups excluding carboxylic acids is 1. The van der Waals surface area contributed by atoms with E-state index in [1.807, 2.05) is 18.4 Å². The van der Waals surface area contributed by atoms with Gasteiger partial charge in [-0.3, -0.25) is 4.79 Å². The Morgan fingerprint density at radius 2 is 2.24 bits per heavy atom. The summed E-state index contributed by atoms with van der Waals surface area (Å²) >= 11 is 0. The van der Waals surface area contributed by atoms with Gasteiger partial charge < -0.3 is 20.7 Å². The van der Waals surface area contributed by atoms with Crippen LogP contribution >= 0.6 is 0 Å². The Bertz CT molecular complexity index is 372. The lowest BCUT2D eigenvalue weighted by atomic mass is 10.3. The highest BCUT2D eigenvalue weighted by molar-refractivity contribution is 5.93. The average molecular weight is 239 g/mol. The Labute approximate surface area is 102 Å². The number of nitrogens with two attached hydrogens (primary N) is 1. The topological polar surface area (TPSA) is 80.3 Å². The van der Waals surface area contributed by atoms with Crippen LogP contribution in [0.1, 0.15) is 43.2 Å². The van der Waals surface area contributed by atoms with E-state index in [0.29, 0.717) is 24.3 Å². The molecule has 96 valence electrons. The second-order valence-electron chi connectivity index (χ2n) is 4.35. The molecule has 4 N–H and O–H groups in total. The summed E-state index contributed by atoms with van der Waals surface area (Å²) in [6.45, 7) is 4.73. The first-order valence-corrected chi connectivity index (χ1v) is 5.92. The third-order valence-electron chi connectivity index (χ3n) is 2.53. The number of nitrogen functional groups attached to an aromatic ring is 1. The molecular formula is C12H21N3O2. The largest absolute Gasteiger partial charge is 0.397 e. The number of rotatable bonds is 6.